The molecule has 6 nitrogen and oxygen atoms in total. The van der Waals surface area contributed by atoms with Gasteiger partial charge in [0.25, 0.3) is 5.69 Å². The lowest BCUT2D eigenvalue weighted by molar-refractivity contribution is -0.384. The van der Waals surface area contributed by atoms with Crippen molar-refractivity contribution in [2.45, 2.75) is 19.3 Å². The van der Waals surface area contributed by atoms with Crippen molar-refractivity contribution < 1.29 is 14.5 Å². The van der Waals surface area contributed by atoms with Crippen LogP contribution in [-0.2, 0) is 4.74 Å². The summed E-state index contributed by atoms with van der Waals surface area (Å²) in [5.41, 5.74) is 6.19. The maximum atomic E-state index is 12.2. The highest BCUT2D eigenvalue weighted by atomic mass is 16.6. The molecule has 3 aromatic rings. The van der Waals surface area contributed by atoms with Crippen molar-refractivity contribution in [3.8, 4) is 23.0 Å². The second-order valence-corrected chi connectivity index (χ2v) is 7.56. The Morgan fingerprint density at radius 2 is 1.72 bits per heavy atom. The van der Waals surface area contributed by atoms with E-state index in [1.54, 1.807) is 6.07 Å². The highest BCUT2D eigenvalue weighted by Crippen LogP contribution is 2.44. The number of hydrogen-bond acceptors (Lipinski definition) is 4. The Kier molecular flexibility index (Phi) is 6.18. The second-order valence-electron chi connectivity index (χ2n) is 7.56. The summed E-state index contributed by atoms with van der Waals surface area (Å²) in [6.45, 7) is 2.44. The van der Waals surface area contributed by atoms with E-state index in [0.717, 1.165) is 5.56 Å². The van der Waals surface area contributed by atoms with Crippen molar-refractivity contribution in [3.05, 3.63) is 99.1 Å². The molecule has 0 saturated carbocycles. The molecule has 0 aromatic heterocycles. The third kappa shape index (κ3) is 4.47. The zero-order valence-corrected chi connectivity index (χ0v) is 17.6. The molecule has 1 N–H and O–H groups in total. The van der Waals surface area contributed by atoms with E-state index in [1.807, 2.05) is 31.2 Å². The van der Waals surface area contributed by atoms with Gasteiger partial charge in [-0.05, 0) is 34.7 Å². The molecule has 1 aliphatic rings. The van der Waals surface area contributed by atoms with Crippen LogP contribution >= 0.6 is 0 Å². The number of fused-ring (bicyclic) bond motifs is 3. The van der Waals surface area contributed by atoms with Gasteiger partial charge in [-0.1, -0.05) is 66.4 Å². The highest BCUT2D eigenvalue weighted by Gasteiger charge is 2.28. The Morgan fingerprint density at radius 1 is 1.06 bits per heavy atom. The van der Waals surface area contributed by atoms with E-state index in [9.17, 15) is 14.9 Å². The van der Waals surface area contributed by atoms with E-state index in [0.29, 0.717) is 18.5 Å². The number of non-ortho nitro benzene ring substituents is 1. The average molecular weight is 426 g/mol. The molecule has 1 amide bonds. The van der Waals surface area contributed by atoms with Crippen molar-refractivity contribution in [2.75, 3.05) is 13.2 Å². The molecule has 1 aliphatic carbocycles. The van der Waals surface area contributed by atoms with Crippen LogP contribution in [0.3, 0.4) is 0 Å². The van der Waals surface area contributed by atoms with Gasteiger partial charge in [-0.25, -0.2) is 4.79 Å². The van der Waals surface area contributed by atoms with Crippen LogP contribution in [0.2, 0.25) is 0 Å². The first-order chi connectivity index (χ1) is 15.5. The smallest absolute Gasteiger partial charge is 0.407 e. The fourth-order valence-corrected chi connectivity index (χ4v) is 3.89. The van der Waals surface area contributed by atoms with E-state index >= 15 is 0 Å². The van der Waals surface area contributed by atoms with Gasteiger partial charge in [0.15, 0.2) is 0 Å². The van der Waals surface area contributed by atoms with E-state index in [4.69, 9.17) is 4.74 Å². The molecular formula is C26H22N2O4. The van der Waals surface area contributed by atoms with E-state index in [-0.39, 0.29) is 18.2 Å². The Labute approximate surface area is 186 Å². The number of ether oxygens (including phenoxy) is 1. The number of benzene rings is 3. The van der Waals surface area contributed by atoms with E-state index in [1.165, 1.54) is 34.4 Å². The minimum atomic E-state index is -0.486. The number of amides is 1. The van der Waals surface area contributed by atoms with Crippen LogP contribution in [0.4, 0.5) is 10.5 Å². The van der Waals surface area contributed by atoms with Crippen LogP contribution in [0, 0.1) is 28.9 Å². The summed E-state index contributed by atoms with van der Waals surface area (Å²) < 4.78 is 5.49. The zero-order chi connectivity index (χ0) is 22.5. The molecule has 32 heavy (non-hydrogen) atoms. The van der Waals surface area contributed by atoms with Crippen molar-refractivity contribution in [3.63, 3.8) is 0 Å². The summed E-state index contributed by atoms with van der Waals surface area (Å²) in [5, 5.41) is 13.6. The normalized spacial score (nSPS) is 11.7. The van der Waals surface area contributed by atoms with Gasteiger partial charge in [0.2, 0.25) is 0 Å². The van der Waals surface area contributed by atoms with Gasteiger partial charge in [0.05, 0.1) is 4.92 Å². The van der Waals surface area contributed by atoms with Crippen molar-refractivity contribution in [1.29, 1.82) is 0 Å². The van der Waals surface area contributed by atoms with Crippen LogP contribution in [0.1, 0.15) is 34.6 Å². The molecule has 0 aliphatic heterocycles. The molecule has 0 atom stereocenters. The number of nitrogens with one attached hydrogen (secondary N) is 1. The summed E-state index contributed by atoms with van der Waals surface area (Å²) >= 11 is 0. The van der Waals surface area contributed by atoms with Crippen molar-refractivity contribution in [2.24, 2.45) is 0 Å². The first-order valence-corrected chi connectivity index (χ1v) is 10.4. The molecular weight excluding hydrogens is 404 g/mol. The second kappa shape index (κ2) is 9.36. The molecule has 3 aromatic carbocycles. The summed E-state index contributed by atoms with van der Waals surface area (Å²) in [5.74, 6) is 5.90. The molecule has 0 saturated heterocycles. The molecule has 0 radical (unpaired) electrons. The van der Waals surface area contributed by atoms with Crippen LogP contribution in [-0.4, -0.2) is 24.2 Å². The Balaban J connectivity index is 1.30. The number of alkyl carbamates (subject to hydrolysis) is 1. The molecule has 0 unspecified atom stereocenters. The van der Waals surface area contributed by atoms with E-state index in [2.05, 4.69) is 41.4 Å². The van der Waals surface area contributed by atoms with Crippen LogP contribution in [0.5, 0.6) is 0 Å². The number of rotatable bonds is 5. The van der Waals surface area contributed by atoms with Gasteiger partial charge in [-0.2, -0.15) is 0 Å². The lowest BCUT2D eigenvalue weighted by atomic mass is 9.98. The van der Waals surface area contributed by atoms with Gasteiger partial charge in [-0.3, -0.25) is 10.1 Å². The molecule has 4 rings (SSSR count). The van der Waals surface area contributed by atoms with Crippen LogP contribution < -0.4 is 5.32 Å². The topological polar surface area (TPSA) is 81.5 Å². The Morgan fingerprint density at radius 3 is 2.38 bits per heavy atom. The number of carbonyl (C=O) groups is 1. The SMILES string of the molecule is Cc1ccc([N+](=O)[O-])cc1C#CCCNC(=O)OCC1c2ccccc2-c2ccccc21. The number of carbonyl (C=O) groups excluding carboxylic acids is 1. The monoisotopic (exact) mass is 426 g/mol. The summed E-state index contributed by atoms with van der Waals surface area (Å²) in [7, 11) is 0. The third-order valence-electron chi connectivity index (χ3n) is 5.52. The molecule has 0 bridgehead atoms. The van der Waals surface area contributed by atoms with Gasteiger partial charge in [0, 0.05) is 36.6 Å². The van der Waals surface area contributed by atoms with Gasteiger partial charge >= 0.3 is 6.09 Å². The van der Waals surface area contributed by atoms with Gasteiger partial charge < -0.3 is 10.1 Å². The summed E-state index contributed by atoms with van der Waals surface area (Å²) in [6, 6.07) is 21.0. The fraction of sp³-hybridized carbons (Fsp3) is 0.192. The van der Waals surface area contributed by atoms with Crippen LogP contribution in [0.15, 0.2) is 66.7 Å². The third-order valence-corrected chi connectivity index (χ3v) is 5.52. The standard InChI is InChI=1S/C26H22N2O4/c1-18-13-14-20(28(30)31)16-19(18)8-6-7-15-27-26(29)32-17-25-23-11-4-2-9-21(23)22-10-3-5-12-24(22)25/h2-5,9-14,16,25H,7,15,17H2,1H3,(H,27,29). The first kappa shape index (κ1) is 21.1. The molecule has 160 valence electrons. The summed E-state index contributed by atoms with van der Waals surface area (Å²) in [4.78, 5) is 22.6. The van der Waals surface area contributed by atoms with Gasteiger partial charge in [-0.15, -0.1) is 0 Å². The van der Waals surface area contributed by atoms with Gasteiger partial charge in [0.1, 0.15) is 6.61 Å². The minimum Gasteiger partial charge on any atom is -0.449 e. The lowest BCUT2D eigenvalue weighted by Gasteiger charge is -2.14. The number of nitrogens with zero attached hydrogens (tertiary/aromatic N) is 1. The Hall–Kier alpha value is -4.11. The van der Waals surface area contributed by atoms with Crippen molar-refractivity contribution >= 4 is 11.8 Å². The molecule has 0 heterocycles. The highest BCUT2D eigenvalue weighted by molar-refractivity contribution is 5.79. The molecule has 0 fully saturated rings. The number of aryl methyl sites for hydroxylation is 1. The fourth-order valence-electron chi connectivity index (χ4n) is 3.89. The predicted octanol–water partition coefficient (Wildman–Crippen LogP) is 5.18. The Bertz CT molecular complexity index is 1190. The minimum absolute atomic E-state index is 0.0108. The lowest BCUT2D eigenvalue weighted by Crippen LogP contribution is -2.26. The maximum absolute atomic E-state index is 12.2. The van der Waals surface area contributed by atoms with E-state index < -0.39 is 11.0 Å². The zero-order valence-electron chi connectivity index (χ0n) is 17.6. The molecule has 0 spiro atoms. The number of nitro benzene ring substituents is 1. The summed E-state index contributed by atoms with van der Waals surface area (Å²) in [6.07, 6.45) is -0.0769. The average Bonchev–Trinajstić information content (AvgIpc) is 3.12. The number of nitro groups is 1. The van der Waals surface area contributed by atoms with Crippen molar-refractivity contribution in [1.82, 2.24) is 5.32 Å². The quantitative estimate of drug-likeness (QED) is 0.264. The largest absolute Gasteiger partial charge is 0.449 e. The first-order valence-electron chi connectivity index (χ1n) is 10.4. The van der Waals surface area contributed by atoms with Crippen LogP contribution in [0.25, 0.3) is 11.1 Å². The molecule has 6 heteroatoms. The maximum Gasteiger partial charge on any atom is 0.407 e. The predicted molar refractivity (Wildman–Crippen MR) is 122 cm³/mol. The number of hydrogen-bond donors (Lipinski definition) is 1.